The van der Waals surface area contributed by atoms with E-state index in [1.165, 1.54) is 0 Å². The molecule has 0 aromatic carbocycles. The molecule has 3 rings (SSSR count). The fraction of sp³-hybridized carbons (Fsp3) is 0.500. The molecule has 2 aromatic heterocycles. The van der Waals surface area contributed by atoms with Gasteiger partial charge in [0, 0.05) is 33.1 Å². The van der Waals surface area contributed by atoms with Crippen molar-refractivity contribution in [3.63, 3.8) is 0 Å². The molecule has 20 heavy (non-hydrogen) atoms. The largest absolute Gasteiger partial charge is 0.368 e. The summed E-state index contributed by atoms with van der Waals surface area (Å²) in [5.41, 5.74) is 7.09. The monoisotopic (exact) mass is 275 g/mol. The molecular formula is C12H17N7O. The number of nitrogens with two attached hydrogens (primary N) is 1. The van der Waals surface area contributed by atoms with Crippen LogP contribution in [0.3, 0.4) is 0 Å². The minimum atomic E-state index is 0.112. The average molecular weight is 275 g/mol. The van der Waals surface area contributed by atoms with Gasteiger partial charge in [-0.25, -0.2) is 4.98 Å². The number of aromatic nitrogens is 4. The summed E-state index contributed by atoms with van der Waals surface area (Å²) >= 11 is 0. The van der Waals surface area contributed by atoms with Crippen molar-refractivity contribution in [2.45, 2.75) is 13.3 Å². The lowest BCUT2D eigenvalue weighted by Crippen LogP contribution is -2.34. The van der Waals surface area contributed by atoms with Crippen molar-refractivity contribution in [1.82, 2.24) is 24.8 Å². The second-order valence-corrected chi connectivity index (χ2v) is 4.85. The van der Waals surface area contributed by atoms with E-state index in [1.807, 2.05) is 4.90 Å². The molecule has 1 amide bonds. The third-order valence-corrected chi connectivity index (χ3v) is 3.52. The smallest absolute Gasteiger partial charge is 0.224 e. The third-order valence-electron chi connectivity index (χ3n) is 3.52. The maximum atomic E-state index is 11.5. The highest BCUT2D eigenvalue weighted by Gasteiger charge is 2.20. The van der Waals surface area contributed by atoms with Crippen LogP contribution in [-0.4, -0.2) is 56.9 Å². The lowest BCUT2D eigenvalue weighted by molar-refractivity contribution is -0.128. The predicted octanol–water partition coefficient (Wildman–Crippen LogP) is -0.00630. The Morgan fingerprint density at radius 2 is 2.15 bits per heavy atom. The van der Waals surface area contributed by atoms with Gasteiger partial charge >= 0.3 is 0 Å². The number of fused-ring (bicyclic) bond motifs is 1. The van der Waals surface area contributed by atoms with Gasteiger partial charge in [0.1, 0.15) is 5.52 Å². The standard InChI is InChI=1S/C12H17N7O/c1-8(20)18-3-2-4-19(6-5-18)11-9-10(15-7-14-9)16-12(13)17-11/h7H,2-6H2,1H3,(H3,13,14,15,16,17). The number of nitrogens with zero attached hydrogens (tertiary/aromatic N) is 5. The van der Waals surface area contributed by atoms with Gasteiger partial charge in [-0.3, -0.25) is 4.79 Å². The van der Waals surface area contributed by atoms with Crippen LogP contribution in [0.1, 0.15) is 13.3 Å². The van der Waals surface area contributed by atoms with E-state index in [4.69, 9.17) is 5.73 Å². The Kier molecular flexibility index (Phi) is 3.13. The summed E-state index contributed by atoms with van der Waals surface area (Å²) in [5.74, 6) is 1.09. The maximum Gasteiger partial charge on any atom is 0.224 e. The van der Waals surface area contributed by atoms with Gasteiger partial charge < -0.3 is 20.5 Å². The number of H-pyrrole nitrogens is 1. The number of rotatable bonds is 1. The van der Waals surface area contributed by atoms with E-state index in [1.54, 1.807) is 13.3 Å². The van der Waals surface area contributed by atoms with E-state index in [-0.39, 0.29) is 11.9 Å². The number of hydrogen-bond donors (Lipinski definition) is 2. The molecular weight excluding hydrogens is 258 g/mol. The van der Waals surface area contributed by atoms with Gasteiger partial charge in [-0.2, -0.15) is 9.97 Å². The van der Waals surface area contributed by atoms with Crippen molar-refractivity contribution in [3.05, 3.63) is 6.33 Å². The molecule has 0 unspecified atom stereocenters. The number of hydrogen-bond acceptors (Lipinski definition) is 6. The molecule has 0 saturated carbocycles. The molecule has 1 aliphatic heterocycles. The van der Waals surface area contributed by atoms with E-state index in [2.05, 4.69) is 24.8 Å². The first kappa shape index (κ1) is 12.6. The maximum absolute atomic E-state index is 11.5. The molecule has 3 N–H and O–H groups in total. The first-order valence-corrected chi connectivity index (χ1v) is 6.62. The van der Waals surface area contributed by atoms with Crippen LogP contribution >= 0.6 is 0 Å². The zero-order chi connectivity index (χ0) is 14.1. The number of aromatic amines is 1. The molecule has 0 spiro atoms. The first-order chi connectivity index (χ1) is 9.65. The minimum absolute atomic E-state index is 0.112. The molecule has 3 heterocycles. The van der Waals surface area contributed by atoms with E-state index < -0.39 is 0 Å². The van der Waals surface area contributed by atoms with Crippen molar-refractivity contribution in [1.29, 1.82) is 0 Å². The quantitative estimate of drug-likeness (QED) is 0.758. The Morgan fingerprint density at radius 1 is 1.30 bits per heavy atom. The number of amides is 1. The molecule has 1 saturated heterocycles. The number of carbonyl (C=O) groups is 1. The highest BCUT2D eigenvalue weighted by atomic mass is 16.2. The topological polar surface area (TPSA) is 104 Å². The van der Waals surface area contributed by atoms with Crippen LogP contribution in [0.2, 0.25) is 0 Å². The summed E-state index contributed by atoms with van der Waals surface area (Å²) in [6.45, 7) is 4.62. The van der Waals surface area contributed by atoms with Crippen LogP contribution in [0.15, 0.2) is 6.33 Å². The molecule has 0 radical (unpaired) electrons. The molecule has 1 fully saturated rings. The third kappa shape index (κ3) is 2.24. The predicted molar refractivity (Wildman–Crippen MR) is 75.2 cm³/mol. The van der Waals surface area contributed by atoms with Crippen LogP contribution in [0, 0.1) is 0 Å². The Balaban J connectivity index is 1.91. The Morgan fingerprint density at radius 3 is 2.95 bits per heavy atom. The van der Waals surface area contributed by atoms with E-state index in [9.17, 15) is 4.79 Å². The summed E-state index contributed by atoms with van der Waals surface area (Å²) in [7, 11) is 0. The van der Waals surface area contributed by atoms with Gasteiger partial charge in [0.2, 0.25) is 11.9 Å². The van der Waals surface area contributed by atoms with Gasteiger partial charge in [0.25, 0.3) is 0 Å². The van der Waals surface area contributed by atoms with Gasteiger partial charge in [-0.15, -0.1) is 0 Å². The van der Waals surface area contributed by atoms with Crippen LogP contribution in [0.25, 0.3) is 11.2 Å². The number of carbonyl (C=O) groups excluding carboxylic acids is 1. The molecule has 2 aromatic rings. The lowest BCUT2D eigenvalue weighted by Gasteiger charge is -2.22. The van der Waals surface area contributed by atoms with Gasteiger partial charge in [-0.1, -0.05) is 0 Å². The second kappa shape index (κ2) is 4.95. The van der Waals surface area contributed by atoms with Crippen LogP contribution in [-0.2, 0) is 4.79 Å². The Labute approximate surface area is 116 Å². The Hall–Kier alpha value is -2.38. The van der Waals surface area contributed by atoms with E-state index in [0.717, 1.165) is 37.4 Å². The molecule has 0 atom stereocenters. The van der Waals surface area contributed by atoms with Gasteiger partial charge in [0.05, 0.1) is 6.33 Å². The van der Waals surface area contributed by atoms with Crippen LogP contribution in [0.4, 0.5) is 11.8 Å². The van der Waals surface area contributed by atoms with E-state index >= 15 is 0 Å². The molecule has 0 aliphatic carbocycles. The van der Waals surface area contributed by atoms with Gasteiger partial charge in [0.15, 0.2) is 11.5 Å². The lowest BCUT2D eigenvalue weighted by atomic mass is 10.3. The Bertz CT molecular complexity index is 638. The summed E-state index contributed by atoms with van der Waals surface area (Å²) in [4.78, 5) is 31.0. The fourth-order valence-corrected chi connectivity index (χ4v) is 2.51. The first-order valence-electron chi connectivity index (χ1n) is 6.62. The number of anilines is 2. The van der Waals surface area contributed by atoms with Crippen molar-refractivity contribution in [2.75, 3.05) is 36.8 Å². The number of nitrogen functional groups attached to an aromatic ring is 1. The van der Waals surface area contributed by atoms with Crippen molar-refractivity contribution in [3.8, 4) is 0 Å². The van der Waals surface area contributed by atoms with Gasteiger partial charge in [-0.05, 0) is 6.42 Å². The molecule has 8 nitrogen and oxygen atoms in total. The number of nitrogens with one attached hydrogen (secondary N) is 1. The van der Waals surface area contributed by atoms with E-state index in [0.29, 0.717) is 12.2 Å². The highest BCUT2D eigenvalue weighted by molar-refractivity contribution is 5.84. The molecule has 8 heteroatoms. The second-order valence-electron chi connectivity index (χ2n) is 4.85. The van der Waals surface area contributed by atoms with Crippen LogP contribution < -0.4 is 10.6 Å². The summed E-state index contributed by atoms with van der Waals surface area (Å²) in [5, 5.41) is 0. The van der Waals surface area contributed by atoms with Crippen LogP contribution in [0.5, 0.6) is 0 Å². The minimum Gasteiger partial charge on any atom is -0.368 e. The zero-order valence-corrected chi connectivity index (χ0v) is 11.3. The zero-order valence-electron chi connectivity index (χ0n) is 11.3. The average Bonchev–Trinajstić information content (AvgIpc) is 2.73. The molecule has 106 valence electrons. The van der Waals surface area contributed by atoms with Crippen molar-refractivity contribution < 1.29 is 4.79 Å². The SMILES string of the molecule is CC(=O)N1CCCN(c2nc(N)nc3nc[nH]c23)CC1. The highest BCUT2D eigenvalue weighted by Crippen LogP contribution is 2.22. The van der Waals surface area contributed by atoms with Crippen molar-refractivity contribution >= 4 is 28.8 Å². The summed E-state index contributed by atoms with van der Waals surface area (Å²) in [6.07, 6.45) is 2.49. The number of imidazole rings is 1. The normalized spacial score (nSPS) is 16.4. The van der Waals surface area contributed by atoms with Crippen molar-refractivity contribution in [2.24, 2.45) is 0 Å². The fourth-order valence-electron chi connectivity index (χ4n) is 2.51. The summed E-state index contributed by atoms with van der Waals surface area (Å²) < 4.78 is 0. The molecule has 1 aliphatic rings. The molecule has 0 bridgehead atoms. The summed E-state index contributed by atoms with van der Waals surface area (Å²) in [6, 6.07) is 0.